The highest BCUT2D eigenvalue weighted by Gasteiger charge is 2.11. The molecule has 4 rings (SSSR count). The van der Waals surface area contributed by atoms with Gasteiger partial charge in [0, 0.05) is 41.7 Å². The van der Waals surface area contributed by atoms with Crippen LogP contribution < -0.4 is 10.5 Å². The summed E-state index contributed by atoms with van der Waals surface area (Å²) in [6, 6.07) is 13.7. The zero-order valence-electron chi connectivity index (χ0n) is 15.8. The van der Waals surface area contributed by atoms with E-state index in [1.54, 1.807) is 18.6 Å². The normalized spacial score (nSPS) is 12.5. The van der Waals surface area contributed by atoms with Crippen molar-refractivity contribution in [3.8, 4) is 5.75 Å². The molecule has 4 aromatic rings. The Bertz CT molecular complexity index is 1120. The van der Waals surface area contributed by atoms with E-state index in [9.17, 15) is 0 Å². The standard InChI is InChI=1S/C23H21ClN4O/c24-23-22(11-17(13-28-23)6-5-16-7-9-26-10-8-16)29-15-19(25)12-18-14-27-21-4-2-1-3-20(18)21/h1-11,13-14,19,27H,12,15,25H2/t19-/m0/s1. The number of aromatic amines is 1. The van der Waals surface area contributed by atoms with E-state index in [1.807, 2.05) is 48.7 Å². The number of pyridine rings is 2. The molecule has 0 aliphatic heterocycles. The van der Waals surface area contributed by atoms with E-state index >= 15 is 0 Å². The maximum absolute atomic E-state index is 6.30. The van der Waals surface area contributed by atoms with Crippen LogP contribution in [0.3, 0.4) is 0 Å². The molecule has 0 saturated carbocycles. The average molecular weight is 405 g/mol. The van der Waals surface area contributed by atoms with Crippen LogP contribution in [0, 0.1) is 0 Å². The summed E-state index contributed by atoms with van der Waals surface area (Å²) in [5.74, 6) is 0.526. The number of nitrogens with two attached hydrogens (primary N) is 1. The number of nitrogens with one attached hydrogen (secondary N) is 1. The highest BCUT2D eigenvalue weighted by atomic mass is 35.5. The molecule has 0 radical (unpaired) electrons. The smallest absolute Gasteiger partial charge is 0.171 e. The molecule has 6 heteroatoms. The van der Waals surface area contributed by atoms with Crippen molar-refractivity contribution in [2.75, 3.05) is 6.61 Å². The Morgan fingerprint density at radius 1 is 1.10 bits per heavy atom. The summed E-state index contributed by atoms with van der Waals surface area (Å²) in [5.41, 5.74) is 10.5. The first-order valence-electron chi connectivity index (χ1n) is 9.36. The number of rotatable bonds is 7. The van der Waals surface area contributed by atoms with Gasteiger partial charge in [0.15, 0.2) is 10.9 Å². The summed E-state index contributed by atoms with van der Waals surface area (Å²) in [5, 5.41) is 1.51. The van der Waals surface area contributed by atoms with E-state index in [0.717, 1.165) is 16.6 Å². The van der Waals surface area contributed by atoms with Crippen LogP contribution in [0.4, 0.5) is 0 Å². The summed E-state index contributed by atoms with van der Waals surface area (Å²) >= 11 is 6.20. The van der Waals surface area contributed by atoms with Gasteiger partial charge in [0.05, 0.1) is 0 Å². The Balaban J connectivity index is 1.40. The first-order valence-corrected chi connectivity index (χ1v) is 9.74. The Labute approximate surface area is 174 Å². The summed E-state index contributed by atoms with van der Waals surface area (Å²) in [6.45, 7) is 0.346. The SMILES string of the molecule is N[C@H](COc1cc(C=Cc2ccncc2)cnc1Cl)Cc1c[nH]c2ccccc12. The van der Waals surface area contributed by atoms with Gasteiger partial charge in [0.2, 0.25) is 0 Å². The molecule has 0 aliphatic carbocycles. The lowest BCUT2D eigenvalue weighted by Crippen LogP contribution is -2.30. The minimum Gasteiger partial charge on any atom is -0.489 e. The molecule has 0 amide bonds. The van der Waals surface area contributed by atoms with E-state index in [-0.39, 0.29) is 6.04 Å². The molecule has 0 aliphatic rings. The van der Waals surface area contributed by atoms with E-state index in [4.69, 9.17) is 22.1 Å². The van der Waals surface area contributed by atoms with Crippen LogP contribution in [0.2, 0.25) is 5.15 Å². The molecule has 3 N–H and O–H groups in total. The second-order valence-electron chi connectivity index (χ2n) is 6.81. The molecule has 1 aromatic carbocycles. The number of nitrogens with zero attached hydrogens (tertiary/aromatic N) is 2. The van der Waals surface area contributed by atoms with Crippen molar-refractivity contribution in [1.29, 1.82) is 0 Å². The second-order valence-corrected chi connectivity index (χ2v) is 7.16. The topological polar surface area (TPSA) is 76.8 Å². The second kappa shape index (κ2) is 8.90. The molecule has 1 atom stereocenters. The number of hydrogen-bond donors (Lipinski definition) is 2. The van der Waals surface area contributed by atoms with Crippen LogP contribution >= 0.6 is 11.6 Å². The van der Waals surface area contributed by atoms with E-state index in [2.05, 4.69) is 27.1 Å². The lowest BCUT2D eigenvalue weighted by Gasteiger charge is -2.14. The number of benzene rings is 1. The monoisotopic (exact) mass is 404 g/mol. The summed E-state index contributed by atoms with van der Waals surface area (Å²) < 4.78 is 5.88. The van der Waals surface area contributed by atoms with Gasteiger partial charge >= 0.3 is 0 Å². The maximum Gasteiger partial charge on any atom is 0.171 e. The van der Waals surface area contributed by atoms with Crippen LogP contribution in [0.1, 0.15) is 16.7 Å². The molecule has 0 unspecified atom stereocenters. The highest BCUT2D eigenvalue weighted by Crippen LogP contribution is 2.24. The lowest BCUT2D eigenvalue weighted by molar-refractivity contribution is 0.287. The van der Waals surface area contributed by atoms with Crippen molar-refractivity contribution in [1.82, 2.24) is 15.0 Å². The van der Waals surface area contributed by atoms with E-state index in [1.165, 1.54) is 10.9 Å². The zero-order chi connectivity index (χ0) is 20.1. The van der Waals surface area contributed by atoms with Crippen LogP contribution in [0.25, 0.3) is 23.1 Å². The number of fused-ring (bicyclic) bond motifs is 1. The van der Waals surface area contributed by atoms with Gasteiger partial charge < -0.3 is 15.5 Å². The van der Waals surface area contributed by atoms with Gasteiger partial charge in [0.1, 0.15) is 6.61 Å². The molecule has 0 fully saturated rings. The molecule has 0 spiro atoms. The molecule has 5 nitrogen and oxygen atoms in total. The fourth-order valence-electron chi connectivity index (χ4n) is 3.14. The quantitative estimate of drug-likeness (QED) is 0.436. The highest BCUT2D eigenvalue weighted by molar-refractivity contribution is 6.30. The van der Waals surface area contributed by atoms with Gasteiger partial charge in [-0.15, -0.1) is 0 Å². The Hall–Kier alpha value is -3.15. The van der Waals surface area contributed by atoms with Gasteiger partial charge in [-0.2, -0.15) is 0 Å². The first-order chi connectivity index (χ1) is 14.2. The van der Waals surface area contributed by atoms with Gasteiger partial charge in [-0.25, -0.2) is 4.98 Å². The first kappa shape index (κ1) is 19.2. The lowest BCUT2D eigenvalue weighted by atomic mass is 10.1. The zero-order valence-corrected chi connectivity index (χ0v) is 16.5. The number of ether oxygens (including phenoxy) is 1. The number of aromatic nitrogens is 3. The number of hydrogen-bond acceptors (Lipinski definition) is 4. The third-order valence-electron chi connectivity index (χ3n) is 4.61. The molecule has 29 heavy (non-hydrogen) atoms. The Morgan fingerprint density at radius 2 is 1.90 bits per heavy atom. The molecule has 3 heterocycles. The molecule has 146 valence electrons. The molecule has 0 saturated heterocycles. The molecule has 3 aromatic heterocycles. The molecular formula is C23H21ClN4O. The van der Waals surface area contributed by atoms with E-state index < -0.39 is 0 Å². The number of halogens is 1. The summed E-state index contributed by atoms with van der Waals surface area (Å²) in [7, 11) is 0. The largest absolute Gasteiger partial charge is 0.489 e. The Morgan fingerprint density at radius 3 is 2.76 bits per heavy atom. The third kappa shape index (κ3) is 4.83. The maximum atomic E-state index is 6.30. The fourth-order valence-corrected chi connectivity index (χ4v) is 3.30. The summed E-state index contributed by atoms with van der Waals surface area (Å²) in [4.78, 5) is 11.5. The molecular weight excluding hydrogens is 384 g/mol. The number of H-pyrrole nitrogens is 1. The van der Waals surface area contributed by atoms with Crippen molar-refractivity contribution >= 4 is 34.7 Å². The number of para-hydroxylation sites is 1. The van der Waals surface area contributed by atoms with Crippen molar-refractivity contribution in [2.45, 2.75) is 12.5 Å². The predicted molar refractivity (Wildman–Crippen MR) is 118 cm³/mol. The van der Waals surface area contributed by atoms with Gasteiger partial charge in [-0.3, -0.25) is 4.98 Å². The minimum absolute atomic E-state index is 0.165. The van der Waals surface area contributed by atoms with Gasteiger partial charge in [0.25, 0.3) is 0 Å². The van der Waals surface area contributed by atoms with E-state index in [0.29, 0.717) is 23.9 Å². The van der Waals surface area contributed by atoms with Crippen molar-refractivity contribution < 1.29 is 4.74 Å². The predicted octanol–water partition coefficient (Wildman–Crippen LogP) is 4.73. The summed E-state index contributed by atoms with van der Waals surface area (Å²) in [6.07, 6.45) is 11.9. The van der Waals surface area contributed by atoms with Crippen LogP contribution in [0.5, 0.6) is 5.75 Å². The van der Waals surface area contributed by atoms with Gasteiger partial charge in [-0.05, 0) is 47.4 Å². The third-order valence-corrected chi connectivity index (χ3v) is 4.90. The minimum atomic E-state index is -0.165. The van der Waals surface area contributed by atoms with Crippen molar-refractivity contribution in [3.05, 3.63) is 89.1 Å². The van der Waals surface area contributed by atoms with Crippen molar-refractivity contribution in [2.24, 2.45) is 5.73 Å². The molecule has 0 bridgehead atoms. The van der Waals surface area contributed by atoms with Gasteiger partial charge in [-0.1, -0.05) is 42.0 Å². The van der Waals surface area contributed by atoms with Crippen LogP contribution in [-0.2, 0) is 6.42 Å². The fraction of sp³-hybridized carbons (Fsp3) is 0.130. The average Bonchev–Trinajstić information content (AvgIpc) is 3.16. The van der Waals surface area contributed by atoms with Crippen molar-refractivity contribution in [3.63, 3.8) is 0 Å². The van der Waals surface area contributed by atoms with Crippen LogP contribution in [-0.4, -0.2) is 27.6 Å². The van der Waals surface area contributed by atoms with Crippen LogP contribution in [0.15, 0.2) is 67.3 Å². The Kier molecular flexibility index (Phi) is 5.89.